The SMILES string of the molecule is NC(CCc1ccccc1)c1nc(C2CSCCS2)no1. The Bertz CT molecular complexity index is 555. The van der Waals surface area contributed by atoms with Crippen LogP contribution in [0.1, 0.15) is 35.0 Å². The summed E-state index contributed by atoms with van der Waals surface area (Å²) in [5, 5.41) is 4.47. The molecule has 2 unspecified atom stereocenters. The average Bonchev–Trinajstić information content (AvgIpc) is 3.04. The van der Waals surface area contributed by atoms with Crippen molar-refractivity contribution in [3.8, 4) is 0 Å². The lowest BCUT2D eigenvalue weighted by molar-refractivity contribution is 0.345. The normalized spacial score (nSPS) is 20.3. The maximum atomic E-state index is 6.18. The van der Waals surface area contributed by atoms with E-state index in [2.05, 4.69) is 22.3 Å². The first-order valence-electron chi connectivity index (χ1n) is 7.15. The molecule has 1 saturated heterocycles. The van der Waals surface area contributed by atoms with Gasteiger partial charge in [-0.2, -0.15) is 16.7 Å². The monoisotopic (exact) mass is 321 g/mol. The molecule has 0 saturated carbocycles. The van der Waals surface area contributed by atoms with Crippen LogP contribution >= 0.6 is 23.5 Å². The average molecular weight is 321 g/mol. The lowest BCUT2D eigenvalue weighted by atomic mass is 10.1. The minimum absolute atomic E-state index is 0.187. The van der Waals surface area contributed by atoms with Crippen molar-refractivity contribution >= 4 is 23.5 Å². The molecule has 1 aromatic carbocycles. The van der Waals surface area contributed by atoms with Gasteiger partial charge in [0.25, 0.3) is 0 Å². The highest BCUT2D eigenvalue weighted by molar-refractivity contribution is 8.06. The molecular formula is C15H19N3OS2. The van der Waals surface area contributed by atoms with Gasteiger partial charge in [0.05, 0.1) is 11.3 Å². The largest absolute Gasteiger partial charge is 0.338 e. The van der Waals surface area contributed by atoms with Gasteiger partial charge in [0.15, 0.2) is 5.82 Å². The number of hydrogen-bond donors (Lipinski definition) is 1. The Morgan fingerprint density at radius 1 is 1.29 bits per heavy atom. The quantitative estimate of drug-likeness (QED) is 0.912. The second-order valence-corrected chi connectivity index (χ2v) is 7.52. The number of aryl methyl sites for hydroxylation is 1. The molecule has 112 valence electrons. The van der Waals surface area contributed by atoms with E-state index in [1.807, 2.05) is 41.7 Å². The molecule has 2 atom stereocenters. The molecule has 0 amide bonds. The molecule has 2 N–H and O–H groups in total. The summed E-state index contributed by atoms with van der Waals surface area (Å²) in [6, 6.07) is 10.2. The Morgan fingerprint density at radius 2 is 2.14 bits per heavy atom. The molecule has 1 aliphatic rings. The lowest BCUT2D eigenvalue weighted by Crippen LogP contribution is -2.13. The zero-order chi connectivity index (χ0) is 14.5. The zero-order valence-corrected chi connectivity index (χ0v) is 13.4. The van der Waals surface area contributed by atoms with Crippen LogP contribution in [0.2, 0.25) is 0 Å². The highest BCUT2D eigenvalue weighted by Crippen LogP contribution is 2.35. The Labute approximate surface area is 133 Å². The van der Waals surface area contributed by atoms with Gasteiger partial charge in [-0.05, 0) is 18.4 Å². The highest BCUT2D eigenvalue weighted by atomic mass is 32.2. The van der Waals surface area contributed by atoms with Crippen molar-refractivity contribution < 1.29 is 4.52 Å². The summed E-state index contributed by atoms with van der Waals surface area (Å²) < 4.78 is 5.36. The van der Waals surface area contributed by atoms with Gasteiger partial charge in [-0.3, -0.25) is 0 Å². The molecule has 21 heavy (non-hydrogen) atoms. The Hall–Kier alpha value is -0.980. The zero-order valence-electron chi connectivity index (χ0n) is 11.8. The standard InChI is InChI=1S/C15H19N3OS2/c16-12(7-6-11-4-2-1-3-5-11)15-17-14(18-19-15)13-10-20-8-9-21-13/h1-5,12-13H,6-10,16H2. The van der Waals surface area contributed by atoms with Crippen LogP contribution < -0.4 is 5.73 Å². The minimum Gasteiger partial charge on any atom is -0.338 e. The molecule has 4 nitrogen and oxygen atoms in total. The van der Waals surface area contributed by atoms with E-state index in [1.54, 1.807) is 0 Å². The third-order valence-electron chi connectivity index (χ3n) is 3.47. The summed E-state index contributed by atoms with van der Waals surface area (Å²) in [4.78, 5) is 4.51. The molecule has 1 aliphatic heterocycles. The van der Waals surface area contributed by atoms with Crippen molar-refractivity contribution in [2.75, 3.05) is 17.3 Å². The summed E-state index contributed by atoms with van der Waals surface area (Å²) in [7, 11) is 0. The van der Waals surface area contributed by atoms with Crippen molar-refractivity contribution in [2.24, 2.45) is 5.73 Å². The summed E-state index contributed by atoms with van der Waals surface area (Å²) in [6.45, 7) is 0. The van der Waals surface area contributed by atoms with Gasteiger partial charge in [0.1, 0.15) is 0 Å². The molecule has 0 bridgehead atoms. The number of hydrogen-bond acceptors (Lipinski definition) is 6. The number of thioether (sulfide) groups is 2. The molecule has 0 spiro atoms. The second kappa shape index (κ2) is 7.33. The first kappa shape index (κ1) is 14.9. The molecule has 6 heteroatoms. The summed E-state index contributed by atoms with van der Waals surface area (Å²) in [5.74, 6) is 4.79. The molecule has 2 aromatic rings. The van der Waals surface area contributed by atoms with Gasteiger partial charge in [-0.1, -0.05) is 35.5 Å². The predicted molar refractivity (Wildman–Crippen MR) is 88.5 cm³/mol. The Morgan fingerprint density at radius 3 is 2.90 bits per heavy atom. The number of benzene rings is 1. The maximum absolute atomic E-state index is 6.18. The second-order valence-electron chi connectivity index (χ2n) is 5.06. The summed E-state index contributed by atoms with van der Waals surface area (Å²) >= 11 is 3.85. The van der Waals surface area contributed by atoms with Gasteiger partial charge in [0, 0.05) is 17.3 Å². The highest BCUT2D eigenvalue weighted by Gasteiger charge is 2.23. The first-order chi connectivity index (χ1) is 10.3. The van der Waals surface area contributed by atoms with Crippen molar-refractivity contribution in [1.82, 2.24) is 10.1 Å². The van der Waals surface area contributed by atoms with Gasteiger partial charge in [-0.25, -0.2) is 0 Å². The molecule has 3 rings (SSSR count). The fourth-order valence-electron chi connectivity index (χ4n) is 2.26. The minimum atomic E-state index is -0.187. The summed E-state index contributed by atoms with van der Waals surface area (Å²) in [5.41, 5.74) is 7.46. The van der Waals surface area contributed by atoms with Gasteiger partial charge in [-0.15, -0.1) is 11.8 Å². The van der Waals surface area contributed by atoms with Crippen LogP contribution in [0, 0.1) is 0 Å². The van der Waals surface area contributed by atoms with Crippen molar-refractivity contribution in [2.45, 2.75) is 24.1 Å². The molecule has 0 radical (unpaired) electrons. The van der Waals surface area contributed by atoms with E-state index in [0.717, 1.165) is 30.2 Å². The van der Waals surface area contributed by atoms with Gasteiger partial charge in [0.2, 0.25) is 5.89 Å². The Balaban J connectivity index is 1.57. The van der Waals surface area contributed by atoms with E-state index < -0.39 is 0 Å². The van der Waals surface area contributed by atoms with E-state index in [1.165, 1.54) is 11.3 Å². The van der Waals surface area contributed by atoms with E-state index >= 15 is 0 Å². The van der Waals surface area contributed by atoms with E-state index in [0.29, 0.717) is 11.1 Å². The Kier molecular flexibility index (Phi) is 5.22. The van der Waals surface area contributed by atoms with Crippen LogP contribution in [0.5, 0.6) is 0 Å². The molecule has 1 fully saturated rings. The fraction of sp³-hybridized carbons (Fsp3) is 0.467. The van der Waals surface area contributed by atoms with E-state index in [4.69, 9.17) is 10.3 Å². The maximum Gasteiger partial charge on any atom is 0.243 e. The molecule has 0 aliphatic carbocycles. The van der Waals surface area contributed by atoms with Crippen LogP contribution in [0.25, 0.3) is 0 Å². The molecule has 2 heterocycles. The van der Waals surface area contributed by atoms with Crippen molar-refractivity contribution in [3.05, 3.63) is 47.6 Å². The molecular weight excluding hydrogens is 302 g/mol. The van der Waals surface area contributed by atoms with Crippen LogP contribution in [0.3, 0.4) is 0 Å². The number of aromatic nitrogens is 2. The van der Waals surface area contributed by atoms with Crippen LogP contribution in [0.15, 0.2) is 34.9 Å². The molecule has 1 aromatic heterocycles. The smallest absolute Gasteiger partial charge is 0.243 e. The predicted octanol–water partition coefficient (Wildman–Crippen LogP) is 3.22. The van der Waals surface area contributed by atoms with Gasteiger partial charge < -0.3 is 10.3 Å². The summed E-state index contributed by atoms with van der Waals surface area (Å²) in [6.07, 6.45) is 1.74. The number of nitrogens with zero attached hydrogens (tertiary/aromatic N) is 2. The lowest BCUT2D eigenvalue weighted by Gasteiger charge is -2.17. The van der Waals surface area contributed by atoms with Crippen molar-refractivity contribution in [3.63, 3.8) is 0 Å². The third kappa shape index (κ3) is 4.02. The number of rotatable bonds is 5. The van der Waals surface area contributed by atoms with E-state index in [-0.39, 0.29) is 6.04 Å². The van der Waals surface area contributed by atoms with Crippen molar-refractivity contribution in [1.29, 1.82) is 0 Å². The third-order valence-corrected chi connectivity index (χ3v) is 6.22. The van der Waals surface area contributed by atoms with E-state index in [9.17, 15) is 0 Å². The first-order valence-corrected chi connectivity index (χ1v) is 9.35. The van der Waals surface area contributed by atoms with Crippen LogP contribution in [0.4, 0.5) is 0 Å². The van der Waals surface area contributed by atoms with Crippen LogP contribution in [-0.2, 0) is 6.42 Å². The van der Waals surface area contributed by atoms with Crippen LogP contribution in [-0.4, -0.2) is 27.4 Å². The topological polar surface area (TPSA) is 64.9 Å². The number of nitrogens with two attached hydrogens (primary N) is 1. The fourth-order valence-corrected chi connectivity index (χ4v) is 4.84. The van der Waals surface area contributed by atoms with Gasteiger partial charge >= 0.3 is 0 Å².